The first-order valence-electron chi connectivity index (χ1n) is 15.0. The lowest BCUT2D eigenvalue weighted by Crippen LogP contribution is -3.00. The SMILES string of the molecule is CCCCCCCCCCCCCCOc1cc(OC)ccc1NC(=O)Nc1ccccc1C[n+]1ccsc1C.[Br-]. The summed E-state index contributed by atoms with van der Waals surface area (Å²) in [7, 11) is 1.63. The molecule has 1 aromatic heterocycles. The van der Waals surface area contributed by atoms with E-state index in [1.807, 2.05) is 42.5 Å². The number of anilines is 2. The van der Waals surface area contributed by atoms with Crippen molar-refractivity contribution < 1.29 is 35.8 Å². The van der Waals surface area contributed by atoms with Crippen molar-refractivity contribution in [3.05, 3.63) is 64.6 Å². The van der Waals surface area contributed by atoms with Crippen LogP contribution in [0.15, 0.2) is 54.0 Å². The third-order valence-electron chi connectivity index (χ3n) is 7.18. The van der Waals surface area contributed by atoms with Gasteiger partial charge >= 0.3 is 6.03 Å². The summed E-state index contributed by atoms with van der Waals surface area (Å²) in [6, 6.07) is 13.1. The van der Waals surface area contributed by atoms with E-state index in [4.69, 9.17) is 9.47 Å². The van der Waals surface area contributed by atoms with Crippen molar-refractivity contribution in [1.29, 1.82) is 0 Å². The molecular weight excluding hydrogens is 598 g/mol. The molecule has 226 valence electrons. The van der Waals surface area contributed by atoms with Gasteiger partial charge in [0.05, 0.1) is 30.5 Å². The number of halogens is 1. The van der Waals surface area contributed by atoms with Crippen LogP contribution in [0.3, 0.4) is 0 Å². The Hall–Kier alpha value is -2.58. The molecule has 3 aromatic rings. The average molecular weight is 647 g/mol. The third kappa shape index (κ3) is 12.9. The number of thiazole rings is 1. The summed E-state index contributed by atoms with van der Waals surface area (Å²) in [6.07, 6.45) is 17.7. The minimum atomic E-state index is -0.306. The minimum absolute atomic E-state index is 0. The van der Waals surface area contributed by atoms with Gasteiger partial charge in [0, 0.05) is 18.6 Å². The number of nitrogens with one attached hydrogen (secondary N) is 2. The molecule has 0 saturated carbocycles. The summed E-state index contributed by atoms with van der Waals surface area (Å²) in [6.45, 7) is 5.67. The summed E-state index contributed by atoms with van der Waals surface area (Å²) in [5.41, 5.74) is 2.45. The molecule has 0 saturated heterocycles. The number of methoxy groups -OCH3 is 1. The standard InChI is InChI=1S/C33H47N3O3S.BrH/c1-4-5-6-7-8-9-10-11-12-13-14-17-23-39-32-25-29(38-3)20-21-31(32)35-33(37)34-30-19-16-15-18-28(30)26-36-22-24-40-27(36)2;/h15-16,18-22,24-25H,4-14,17,23,26H2,1-3H3,(H-,34,35,37);1H. The fraction of sp³-hybridized carbons (Fsp3) is 0.515. The van der Waals surface area contributed by atoms with Crippen LogP contribution in [-0.2, 0) is 6.54 Å². The predicted molar refractivity (Wildman–Crippen MR) is 167 cm³/mol. The van der Waals surface area contributed by atoms with Crippen molar-refractivity contribution in [3.8, 4) is 11.5 Å². The highest BCUT2D eigenvalue weighted by atomic mass is 79.9. The van der Waals surface area contributed by atoms with E-state index < -0.39 is 0 Å². The maximum atomic E-state index is 13.0. The number of amides is 2. The lowest BCUT2D eigenvalue weighted by atomic mass is 10.1. The number of unbranched alkanes of at least 4 members (excludes halogenated alkanes) is 11. The van der Waals surface area contributed by atoms with Crippen molar-refractivity contribution in [3.63, 3.8) is 0 Å². The second-order valence-corrected chi connectivity index (χ2v) is 11.5. The Bertz CT molecular complexity index is 1150. The van der Waals surface area contributed by atoms with Gasteiger partial charge in [-0.05, 0) is 24.6 Å². The summed E-state index contributed by atoms with van der Waals surface area (Å²) >= 11 is 1.71. The van der Waals surface area contributed by atoms with Crippen LogP contribution in [0.1, 0.15) is 94.5 Å². The monoisotopic (exact) mass is 645 g/mol. The topological polar surface area (TPSA) is 63.5 Å². The summed E-state index contributed by atoms with van der Waals surface area (Å²) < 4.78 is 13.7. The van der Waals surface area contributed by atoms with Crippen LogP contribution in [0, 0.1) is 6.92 Å². The highest BCUT2D eigenvalue weighted by molar-refractivity contribution is 7.09. The van der Waals surface area contributed by atoms with Crippen molar-refractivity contribution in [2.75, 3.05) is 24.4 Å². The number of hydrogen-bond acceptors (Lipinski definition) is 4. The molecule has 0 bridgehead atoms. The second kappa shape index (κ2) is 20.3. The number of urea groups is 1. The Morgan fingerprint density at radius 2 is 1.49 bits per heavy atom. The van der Waals surface area contributed by atoms with Gasteiger partial charge < -0.3 is 37.1 Å². The van der Waals surface area contributed by atoms with E-state index in [0.29, 0.717) is 30.3 Å². The van der Waals surface area contributed by atoms with Gasteiger partial charge in [0.1, 0.15) is 11.5 Å². The number of nitrogens with zero attached hydrogens (tertiary/aromatic N) is 1. The number of benzene rings is 2. The van der Waals surface area contributed by atoms with Crippen LogP contribution in [-0.4, -0.2) is 19.7 Å². The number of carbonyl (C=O) groups excluding carboxylic acids is 1. The Labute approximate surface area is 261 Å². The van der Waals surface area contributed by atoms with E-state index in [0.717, 1.165) is 24.1 Å². The Morgan fingerprint density at radius 1 is 0.854 bits per heavy atom. The number of ether oxygens (including phenoxy) is 2. The van der Waals surface area contributed by atoms with E-state index in [9.17, 15) is 4.79 Å². The zero-order chi connectivity index (χ0) is 28.4. The maximum absolute atomic E-state index is 13.0. The summed E-state index contributed by atoms with van der Waals surface area (Å²) in [5.74, 6) is 1.32. The molecule has 0 unspecified atom stereocenters. The fourth-order valence-corrected chi connectivity index (χ4v) is 5.42. The normalized spacial score (nSPS) is 10.6. The van der Waals surface area contributed by atoms with Crippen molar-refractivity contribution in [2.45, 2.75) is 97.4 Å². The third-order valence-corrected chi connectivity index (χ3v) is 8.02. The van der Waals surface area contributed by atoms with Gasteiger partial charge in [0.25, 0.3) is 0 Å². The minimum Gasteiger partial charge on any atom is -1.00 e. The molecule has 8 heteroatoms. The smallest absolute Gasteiger partial charge is 0.323 e. The number of carbonyl (C=O) groups is 1. The first-order chi connectivity index (χ1) is 19.6. The molecule has 0 spiro atoms. The van der Waals surface area contributed by atoms with E-state index >= 15 is 0 Å². The number of aryl methyl sites for hydroxylation is 1. The van der Waals surface area contributed by atoms with Crippen molar-refractivity contribution >= 4 is 28.7 Å². The van der Waals surface area contributed by atoms with E-state index in [-0.39, 0.29) is 23.0 Å². The van der Waals surface area contributed by atoms with E-state index in [1.54, 1.807) is 18.4 Å². The molecule has 1 heterocycles. The number of hydrogen-bond donors (Lipinski definition) is 2. The van der Waals surface area contributed by atoms with Gasteiger partial charge in [0.2, 0.25) is 5.01 Å². The molecule has 3 rings (SSSR count). The lowest BCUT2D eigenvalue weighted by molar-refractivity contribution is -0.689. The quantitative estimate of drug-likeness (QED) is 0.122. The molecule has 2 amide bonds. The first-order valence-corrected chi connectivity index (χ1v) is 15.9. The predicted octanol–water partition coefficient (Wildman–Crippen LogP) is 6.13. The number of aromatic nitrogens is 1. The Kier molecular flexibility index (Phi) is 17.2. The second-order valence-electron chi connectivity index (χ2n) is 10.4. The molecule has 2 aromatic carbocycles. The molecular formula is C33H48BrN3O3S. The Morgan fingerprint density at radius 3 is 2.12 bits per heavy atom. The van der Waals surface area contributed by atoms with Crippen molar-refractivity contribution in [2.24, 2.45) is 0 Å². The van der Waals surface area contributed by atoms with Gasteiger partial charge in [-0.1, -0.05) is 107 Å². The van der Waals surface area contributed by atoms with E-state index in [2.05, 4.69) is 40.6 Å². The zero-order valence-electron chi connectivity index (χ0n) is 25.1. The summed E-state index contributed by atoms with van der Waals surface area (Å²) in [4.78, 5) is 13.0. The van der Waals surface area contributed by atoms with Crippen LogP contribution in [0.4, 0.5) is 16.2 Å². The van der Waals surface area contributed by atoms with Gasteiger partial charge in [-0.25, -0.2) is 4.79 Å². The molecule has 2 N–H and O–H groups in total. The highest BCUT2D eigenvalue weighted by Crippen LogP contribution is 2.30. The molecule has 6 nitrogen and oxygen atoms in total. The maximum Gasteiger partial charge on any atom is 0.323 e. The van der Waals surface area contributed by atoms with Crippen molar-refractivity contribution in [1.82, 2.24) is 0 Å². The van der Waals surface area contributed by atoms with Crippen LogP contribution in [0.25, 0.3) is 0 Å². The molecule has 0 aliphatic carbocycles. The average Bonchev–Trinajstić information content (AvgIpc) is 3.37. The van der Waals surface area contributed by atoms with Crippen LogP contribution >= 0.6 is 11.3 Å². The van der Waals surface area contributed by atoms with Crippen LogP contribution < -0.4 is 41.7 Å². The van der Waals surface area contributed by atoms with Crippen LogP contribution in [0.2, 0.25) is 0 Å². The molecule has 0 aliphatic heterocycles. The van der Waals surface area contributed by atoms with Gasteiger partial charge in [-0.3, -0.25) is 0 Å². The van der Waals surface area contributed by atoms with Gasteiger partial charge in [0.15, 0.2) is 12.7 Å². The molecule has 0 aliphatic rings. The number of rotatable bonds is 19. The fourth-order valence-electron chi connectivity index (χ4n) is 4.76. The number of para-hydroxylation sites is 1. The van der Waals surface area contributed by atoms with Gasteiger partial charge in [-0.2, -0.15) is 4.57 Å². The van der Waals surface area contributed by atoms with Gasteiger partial charge in [-0.15, -0.1) is 0 Å². The molecule has 0 fully saturated rings. The van der Waals surface area contributed by atoms with Crippen LogP contribution in [0.5, 0.6) is 11.5 Å². The summed E-state index contributed by atoms with van der Waals surface area (Å²) in [5, 5.41) is 9.27. The highest BCUT2D eigenvalue weighted by Gasteiger charge is 2.15. The lowest BCUT2D eigenvalue weighted by Gasteiger charge is -2.15. The first kappa shape index (κ1) is 34.6. The largest absolute Gasteiger partial charge is 1.00 e. The molecule has 0 radical (unpaired) electrons. The zero-order valence-corrected chi connectivity index (χ0v) is 27.5. The molecule has 41 heavy (non-hydrogen) atoms. The Balaban J connectivity index is 0.00000588. The molecule has 0 atom stereocenters. The van der Waals surface area contributed by atoms with E-state index in [1.165, 1.54) is 69.2 Å².